The number of carbonyl (C=O) groups is 1. The Morgan fingerprint density at radius 3 is 2.54 bits per heavy atom. The standard InChI is InChI=1S/C18H21N3O5/c1-18(2,3)26-17(23)14(11-12-6-8-13(22)9-7-12)20-16-15(21(24)25)5-4-10-19-16/h4-10,14,22H,11H2,1-3H3,(H,19,20)/t14-/m0/s1. The Labute approximate surface area is 151 Å². The van der Waals surface area contributed by atoms with Crippen molar-refractivity contribution in [1.82, 2.24) is 4.98 Å². The zero-order chi connectivity index (χ0) is 19.3. The predicted molar refractivity (Wildman–Crippen MR) is 96.0 cm³/mol. The smallest absolute Gasteiger partial charge is 0.329 e. The molecule has 0 radical (unpaired) electrons. The van der Waals surface area contributed by atoms with Crippen LogP contribution >= 0.6 is 0 Å². The van der Waals surface area contributed by atoms with Crippen molar-refractivity contribution in [3.63, 3.8) is 0 Å². The number of benzene rings is 1. The summed E-state index contributed by atoms with van der Waals surface area (Å²) in [4.78, 5) is 27.2. The molecular weight excluding hydrogens is 338 g/mol. The molecule has 1 aromatic heterocycles. The van der Waals surface area contributed by atoms with Crippen LogP contribution in [0.3, 0.4) is 0 Å². The zero-order valence-electron chi connectivity index (χ0n) is 14.8. The van der Waals surface area contributed by atoms with E-state index >= 15 is 0 Å². The van der Waals surface area contributed by atoms with Crippen molar-refractivity contribution in [2.24, 2.45) is 0 Å². The van der Waals surface area contributed by atoms with E-state index in [1.165, 1.54) is 30.5 Å². The number of phenolic OH excluding ortho intramolecular Hbond substituents is 1. The second-order valence-electron chi connectivity index (χ2n) is 6.73. The number of rotatable bonds is 6. The highest BCUT2D eigenvalue weighted by atomic mass is 16.6. The molecule has 0 bridgehead atoms. The SMILES string of the molecule is CC(C)(C)OC(=O)[C@H](Cc1ccc(O)cc1)Nc1ncccc1[N+](=O)[O-]. The molecule has 0 spiro atoms. The minimum atomic E-state index is -0.882. The summed E-state index contributed by atoms with van der Waals surface area (Å²) in [6.45, 7) is 5.23. The van der Waals surface area contributed by atoms with Crippen molar-refractivity contribution < 1.29 is 19.6 Å². The topological polar surface area (TPSA) is 115 Å². The van der Waals surface area contributed by atoms with Crippen LogP contribution in [-0.2, 0) is 16.0 Å². The molecule has 0 aliphatic carbocycles. The minimum Gasteiger partial charge on any atom is -0.508 e. The van der Waals surface area contributed by atoms with Crippen molar-refractivity contribution in [2.45, 2.75) is 38.8 Å². The average molecular weight is 359 g/mol. The summed E-state index contributed by atoms with van der Waals surface area (Å²) in [5.74, 6) is -0.450. The van der Waals surface area contributed by atoms with E-state index in [0.29, 0.717) is 0 Å². The van der Waals surface area contributed by atoms with Gasteiger partial charge in [-0.2, -0.15) is 0 Å². The molecule has 0 unspecified atom stereocenters. The summed E-state index contributed by atoms with van der Waals surface area (Å²) in [5, 5.41) is 23.4. The molecule has 2 aromatic rings. The van der Waals surface area contributed by atoms with E-state index in [1.807, 2.05) is 0 Å². The molecular formula is C18H21N3O5. The van der Waals surface area contributed by atoms with Crippen molar-refractivity contribution in [3.05, 3.63) is 58.3 Å². The molecule has 26 heavy (non-hydrogen) atoms. The number of anilines is 1. The highest BCUT2D eigenvalue weighted by Gasteiger charge is 2.28. The van der Waals surface area contributed by atoms with Gasteiger partial charge in [-0.1, -0.05) is 12.1 Å². The van der Waals surface area contributed by atoms with Crippen LogP contribution in [0.25, 0.3) is 0 Å². The summed E-state index contributed by atoms with van der Waals surface area (Å²) in [6.07, 6.45) is 1.62. The Morgan fingerprint density at radius 2 is 1.96 bits per heavy atom. The molecule has 0 saturated carbocycles. The molecule has 1 heterocycles. The molecule has 2 rings (SSSR count). The van der Waals surface area contributed by atoms with E-state index in [1.54, 1.807) is 32.9 Å². The van der Waals surface area contributed by atoms with Crippen LogP contribution in [0.4, 0.5) is 11.5 Å². The molecule has 2 N–H and O–H groups in total. The van der Waals surface area contributed by atoms with Gasteiger partial charge in [0.15, 0.2) is 0 Å². The first-order valence-corrected chi connectivity index (χ1v) is 8.02. The summed E-state index contributed by atoms with van der Waals surface area (Å²) in [7, 11) is 0. The van der Waals surface area contributed by atoms with Crippen molar-refractivity contribution in [2.75, 3.05) is 5.32 Å². The molecule has 0 fully saturated rings. The maximum Gasteiger partial charge on any atom is 0.329 e. The molecule has 1 atom stereocenters. The van der Waals surface area contributed by atoms with Crippen LogP contribution in [-0.4, -0.2) is 32.6 Å². The number of hydrogen-bond acceptors (Lipinski definition) is 7. The third-order valence-electron chi connectivity index (χ3n) is 3.36. The van der Waals surface area contributed by atoms with E-state index in [2.05, 4.69) is 10.3 Å². The normalized spacial score (nSPS) is 12.3. The third kappa shape index (κ3) is 5.44. The quantitative estimate of drug-likeness (QED) is 0.463. The van der Waals surface area contributed by atoms with E-state index in [0.717, 1.165) is 5.56 Å². The molecule has 1 aromatic carbocycles. The summed E-state index contributed by atoms with van der Waals surface area (Å²) < 4.78 is 5.42. The fourth-order valence-corrected chi connectivity index (χ4v) is 2.25. The number of aromatic hydroxyl groups is 1. The van der Waals surface area contributed by atoms with Gasteiger partial charge in [0.05, 0.1) is 4.92 Å². The number of esters is 1. The van der Waals surface area contributed by atoms with E-state index in [4.69, 9.17) is 4.74 Å². The number of nitrogens with one attached hydrogen (secondary N) is 1. The summed E-state index contributed by atoms with van der Waals surface area (Å²) in [6, 6.07) is 8.22. The van der Waals surface area contributed by atoms with Crippen LogP contribution in [0.5, 0.6) is 5.75 Å². The van der Waals surface area contributed by atoms with E-state index in [-0.39, 0.29) is 23.7 Å². The first-order chi connectivity index (χ1) is 12.2. The Hall–Kier alpha value is -3.16. The van der Waals surface area contributed by atoms with Crippen LogP contribution in [0.15, 0.2) is 42.6 Å². The third-order valence-corrected chi connectivity index (χ3v) is 3.36. The number of carbonyl (C=O) groups excluding carboxylic acids is 1. The monoisotopic (exact) mass is 359 g/mol. The summed E-state index contributed by atoms with van der Waals surface area (Å²) >= 11 is 0. The number of pyridine rings is 1. The predicted octanol–water partition coefficient (Wildman–Crippen LogP) is 3.06. The van der Waals surface area contributed by atoms with Crippen LogP contribution in [0.1, 0.15) is 26.3 Å². The lowest BCUT2D eigenvalue weighted by Gasteiger charge is -2.25. The largest absolute Gasteiger partial charge is 0.508 e. The van der Waals surface area contributed by atoms with Crippen LogP contribution in [0, 0.1) is 10.1 Å². The molecule has 8 nitrogen and oxygen atoms in total. The molecule has 0 aliphatic heterocycles. The average Bonchev–Trinajstić information content (AvgIpc) is 2.55. The maximum atomic E-state index is 12.6. The summed E-state index contributed by atoms with van der Waals surface area (Å²) in [5.41, 5.74) is -0.182. The number of ether oxygens (including phenoxy) is 1. The number of nitro groups is 1. The van der Waals surface area contributed by atoms with Gasteiger partial charge < -0.3 is 15.2 Å². The van der Waals surface area contributed by atoms with Gasteiger partial charge in [0, 0.05) is 18.7 Å². The molecule has 138 valence electrons. The number of phenols is 1. The number of nitrogens with zero attached hydrogens (tertiary/aromatic N) is 2. The van der Waals surface area contributed by atoms with Crippen LogP contribution in [0.2, 0.25) is 0 Å². The van der Waals surface area contributed by atoms with Gasteiger partial charge >= 0.3 is 11.7 Å². The second kappa shape index (κ2) is 7.81. The number of hydrogen-bond donors (Lipinski definition) is 2. The second-order valence-corrected chi connectivity index (χ2v) is 6.73. The Kier molecular flexibility index (Phi) is 5.76. The van der Waals surface area contributed by atoms with Crippen molar-refractivity contribution >= 4 is 17.5 Å². The highest BCUT2D eigenvalue weighted by molar-refractivity contribution is 5.80. The molecule has 0 amide bonds. The van der Waals surface area contributed by atoms with Gasteiger partial charge in [0.1, 0.15) is 17.4 Å². The van der Waals surface area contributed by atoms with Crippen molar-refractivity contribution in [1.29, 1.82) is 0 Å². The fraction of sp³-hybridized carbons (Fsp3) is 0.333. The van der Waals surface area contributed by atoms with Gasteiger partial charge in [-0.25, -0.2) is 9.78 Å². The lowest BCUT2D eigenvalue weighted by Crippen LogP contribution is -2.38. The highest BCUT2D eigenvalue weighted by Crippen LogP contribution is 2.23. The lowest BCUT2D eigenvalue weighted by atomic mass is 10.1. The van der Waals surface area contributed by atoms with E-state index < -0.39 is 22.5 Å². The number of aromatic nitrogens is 1. The minimum absolute atomic E-state index is 0.00728. The van der Waals surface area contributed by atoms with Crippen molar-refractivity contribution in [3.8, 4) is 5.75 Å². The first kappa shape index (κ1) is 19.2. The van der Waals surface area contributed by atoms with Gasteiger partial charge in [-0.05, 0) is 44.5 Å². The lowest BCUT2D eigenvalue weighted by molar-refractivity contribution is -0.384. The molecule has 0 aliphatic rings. The zero-order valence-corrected chi connectivity index (χ0v) is 14.8. The Bertz CT molecular complexity index is 784. The molecule has 0 saturated heterocycles. The fourth-order valence-electron chi connectivity index (χ4n) is 2.25. The first-order valence-electron chi connectivity index (χ1n) is 8.02. The molecule has 8 heteroatoms. The van der Waals surface area contributed by atoms with E-state index in [9.17, 15) is 20.0 Å². The van der Waals surface area contributed by atoms with Gasteiger partial charge in [0.25, 0.3) is 0 Å². The van der Waals surface area contributed by atoms with Crippen LogP contribution < -0.4 is 5.32 Å². The van der Waals surface area contributed by atoms with Gasteiger partial charge in [-0.3, -0.25) is 10.1 Å². The van der Waals surface area contributed by atoms with Gasteiger partial charge in [-0.15, -0.1) is 0 Å². The maximum absolute atomic E-state index is 12.6. The Morgan fingerprint density at radius 1 is 1.31 bits per heavy atom. The Balaban J connectivity index is 2.29. The van der Waals surface area contributed by atoms with Gasteiger partial charge in [0.2, 0.25) is 5.82 Å².